The molecule has 0 radical (unpaired) electrons. The first kappa shape index (κ1) is 23.7. The molecule has 0 unspecified atom stereocenters. The van der Waals surface area contributed by atoms with Gasteiger partial charge in [0.05, 0.1) is 24.2 Å². The van der Waals surface area contributed by atoms with Crippen LogP contribution in [0.1, 0.15) is 33.6 Å². The van der Waals surface area contributed by atoms with Crippen molar-refractivity contribution in [1.82, 2.24) is 15.3 Å². The zero-order chi connectivity index (χ0) is 24.4. The number of hydrogen-bond donors (Lipinski definition) is 3. The van der Waals surface area contributed by atoms with Gasteiger partial charge in [-0.2, -0.15) is 0 Å². The van der Waals surface area contributed by atoms with E-state index in [0.717, 1.165) is 10.5 Å². The highest BCUT2D eigenvalue weighted by Crippen LogP contribution is 2.37. The number of hydrogen-bond acceptors (Lipinski definition) is 8. The first-order chi connectivity index (χ1) is 16.2. The Balaban J connectivity index is 1.69. The third-order valence-electron chi connectivity index (χ3n) is 5.68. The number of carbonyl (C=O) groups is 2. The van der Waals surface area contributed by atoms with Crippen molar-refractivity contribution in [3.63, 3.8) is 0 Å². The summed E-state index contributed by atoms with van der Waals surface area (Å²) >= 11 is 1.50. The Labute approximate surface area is 201 Å². The second-order valence-electron chi connectivity index (χ2n) is 8.69. The minimum atomic E-state index is -0.942. The zero-order valence-electron chi connectivity index (χ0n) is 19.5. The van der Waals surface area contributed by atoms with E-state index in [-0.39, 0.29) is 18.1 Å². The molecule has 1 amide bonds. The molecular weight excluding hydrogens is 456 g/mol. The Kier molecular flexibility index (Phi) is 6.87. The molecule has 3 N–H and O–H groups in total. The van der Waals surface area contributed by atoms with Crippen molar-refractivity contribution in [2.75, 3.05) is 12.4 Å². The number of ether oxygens (including phenoxy) is 2. The van der Waals surface area contributed by atoms with Crippen molar-refractivity contribution in [2.45, 2.75) is 51.8 Å². The van der Waals surface area contributed by atoms with E-state index in [2.05, 4.69) is 15.6 Å². The molecule has 1 fully saturated rings. The second kappa shape index (κ2) is 9.84. The predicted molar refractivity (Wildman–Crippen MR) is 131 cm³/mol. The maximum atomic E-state index is 11.7. The molecule has 1 saturated carbocycles. The Morgan fingerprint density at radius 2 is 1.97 bits per heavy atom. The Morgan fingerprint density at radius 1 is 1.18 bits per heavy atom. The molecule has 3 atom stereocenters. The molecule has 0 bridgehead atoms. The molecular formula is C24H28N4O5S. The van der Waals surface area contributed by atoms with Gasteiger partial charge in [-0.25, -0.2) is 9.97 Å². The molecule has 0 aliphatic heterocycles. The van der Waals surface area contributed by atoms with Gasteiger partial charge in [0.2, 0.25) is 5.91 Å². The van der Waals surface area contributed by atoms with Crippen LogP contribution in [0.25, 0.3) is 22.3 Å². The van der Waals surface area contributed by atoms with Crippen LogP contribution >= 0.6 is 11.3 Å². The summed E-state index contributed by atoms with van der Waals surface area (Å²) in [6.45, 7) is 5.49. The number of amides is 1. The van der Waals surface area contributed by atoms with Gasteiger partial charge in [0.15, 0.2) is 5.13 Å². The van der Waals surface area contributed by atoms with Crippen molar-refractivity contribution in [2.24, 2.45) is 5.92 Å². The quantitative estimate of drug-likeness (QED) is 0.439. The molecule has 2 heterocycles. The lowest BCUT2D eigenvalue weighted by molar-refractivity contribution is -0.142. The number of nitrogens with one attached hydrogen (secondary N) is 2. The van der Waals surface area contributed by atoms with E-state index in [9.17, 15) is 14.7 Å². The summed E-state index contributed by atoms with van der Waals surface area (Å²) in [6.07, 6.45) is 0.340. The maximum absolute atomic E-state index is 11.7. The van der Waals surface area contributed by atoms with Crippen LogP contribution in [-0.2, 0) is 9.59 Å². The van der Waals surface area contributed by atoms with E-state index in [0.29, 0.717) is 41.2 Å². The molecule has 4 rings (SSSR count). The lowest BCUT2D eigenvalue weighted by Gasteiger charge is -2.17. The lowest BCUT2D eigenvalue weighted by Crippen LogP contribution is -2.39. The van der Waals surface area contributed by atoms with Crippen molar-refractivity contribution in [3.8, 4) is 22.9 Å². The lowest BCUT2D eigenvalue weighted by atomic mass is 10.0. The monoisotopic (exact) mass is 484 g/mol. The predicted octanol–water partition coefficient (Wildman–Crippen LogP) is 3.93. The number of aliphatic carboxylic acids is 1. The normalized spacial score (nSPS) is 19.9. The van der Waals surface area contributed by atoms with Crippen molar-refractivity contribution < 1.29 is 24.2 Å². The number of pyridine rings is 1. The molecule has 9 nitrogen and oxygen atoms in total. The van der Waals surface area contributed by atoms with Crippen LogP contribution in [0.3, 0.4) is 0 Å². The molecule has 3 aromatic rings. The van der Waals surface area contributed by atoms with Gasteiger partial charge in [-0.05, 0) is 32.4 Å². The third-order valence-corrected chi connectivity index (χ3v) is 6.45. The van der Waals surface area contributed by atoms with Crippen LogP contribution in [-0.4, -0.2) is 52.2 Å². The molecule has 1 aliphatic carbocycles. The smallest absolute Gasteiger partial charge is 0.308 e. The van der Waals surface area contributed by atoms with Crippen LogP contribution in [0.15, 0.2) is 29.6 Å². The topological polar surface area (TPSA) is 123 Å². The van der Waals surface area contributed by atoms with Gasteiger partial charge in [-0.3, -0.25) is 9.59 Å². The highest BCUT2D eigenvalue weighted by molar-refractivity contribution is 7.14. The molecule has 180 valence electrons. The summed E-state index contributed by atoms with van der Waals surface area (Å²) < 4.78 is 11.7. The summed E-state index contributed by atoms with van der Waals surface area (Å²) in [5, 5.41) is 19.2. The Bertz CT molecular complexity index is 1210. The summed E-state index contributed by atoms with van der Waals surface area (Å²) in [5.41, 5.74) is 2.05. The average molecular weight is 485 g/mol. The van der Waals surface area contributed by atoms with Crippen LogP contribution in [0.2, 0.25) is 0 Å². The standard InChI is InChI=1S/C24H28N4O5S/c1-12(2)25-24-28-21(11-34-24)20-10-22(16-6-5-14(32-4)8-18(16)27-20)33-15-7-17(23(30)31)19(9-15)26-13(3)29/h5-6,8,10-12,15,17,19H,7,9H2,1-4H3,(H,25,28)(H,26,29)(H,30,31)/t15-,17-,19+/m1/s1. The SMILES string of the molecule is COc1ccc2c(O[C@H]3C[C@H](NC(C)=O)[C@H](C(=O)O)C3)cc(-c3csc(NC(C)C)n3)nc2c1. The van der Waals surface area contributed by atoms with E-state index >= 15 is 0 Å². The zero-order valence-corrected chi connectivity index (χ0v) is 20.3. The van der Waals surface area contributed by atoms with Crippen molar-refractivity contribution in [3.05, 3.63) is 29.6 Å². The maximum Gasteiger partial charge on any atom is 0.308 e. The minimum absolute atomic E-state index is 0.255. The summed E-state index contributed by atoms with van der Waals surface area (Å²) in [5.74, 6) is -0.644. The Morgan fingerprint density at radius 3 is 2.65 bits per heavy atom. The second-order valence-corrected chi connectivity index (χ2v) is 9.55. The van der Waals surface area contributed by atoms with E-state index in [1.807, 2.05) is 43.5 Å². The molecule has 1 aromatic carbocycles. The summed E-state index contributed by atoms with van der Waals surface area (Å²) in [6, 6.07) is 7.16. The highest BCUT2D eigenvalue weighted by Gasteiger charge is 2.40. The highest BCUT2D eigenvalue weighted by atomic mass is 32.1. The van der Waals surface area contributed by atoms with E-state index in [1.54, 1.807) is 7.11 Å². The number of nitrogens with zero attached hydrogens (tertiary/aromatic N) is 2. The Hall–Kier alpha value is -3.40. The number of thiazole rings is 1. The van der Waals surface area contributed by atoms with Crippen molar-refractivity contribution in [1.29, 1.82) is 0 Å². The molecule has 0 saturated heterocycles. The number of aromatic nitrogens is 2. The van der Waals surface area contributed by atoms with E-state index < -0.39 is 17.9 Å². The number of carboxylic acids is 1. The number of fused-ring (bicyclic) bond motifs is 1. The molecule has 0 spiro atoms. The molecule has 34 heavy (non-hydrogen) atoms. The molecule has 1 aliphatic rings. The van der Waals surface area contributed by atoms with Crippen LogP contribution in [0, 0.1) is 5.92 Å². The minimum Gasteiger partial charge on any atom is -0.497 e. The van der Waals surface area contributed by atoms with Gasteiger partial charge >= 0.3 is 5.97 Å². The van der Waals surface area contributed by atoms with Gasteiger partial charge in [-0.1, -0.05) is 0 Å². The van der Waals surface area contributed by atoms with Crippen LogP contribution < -0.4 is 20.1 Å². The number of anilines is 1. The number of carbonyl (C=O) groups excluding carboxylic acids is 1. The number of rotatable bonds is 8. The molecule has 2 aromatic heterocycles. The van der Waals surface area contributed by atoms with Gasteiger partial charge in [0, 0.05) is 48.3 Å². The first-order valence-electron chi connectivity index (χ1n) is 11.1. The van der Waals surface area contributed by atoms with E-state index in [4.69, 9.17) is 14.5 Å². The van der Waals surface area contributed by atoms with Gasteiger partial charge in [-0.15, -0.1) is 11.3 Å². The number of carboxylic acid groups (broad SMARTS) is 1. The fourth-order valence-corrected chi connectivity index (χ4v) is 5.05. The third kappa shape index (κ3) is 5.22. The number of benzene rings is 1. The van der Waals surface area contributed by atoms with Gasteiger partial charge in [0.1, 0.15) is 23.3 Å². The summed E-state index contributed by atoms with van der Waals surface area (Å²) in [4.78, 5) is 32.8. The number of methoxy groups -OCH3 is 1. The summed E-state index contributed by atoms with van der Waals surface area (Å²) in [7, 11) is 1.60. The molecule has 10 heteroatoms. The fourth-order valence-electron chi connectivity index (χ4n) is 4.20. The first-order valence-corrected chi connectivity index (χ1v) is 12.0. The van der Waals surface area contributed by atoms with Crippen LogP contribution in [0.5, 0.6) is 11.5 Å². The van der Waals surface area contributed by atoms with Crippen molar-refractivity contribution >= 4 is 39.2 Å². The largest absolute Gasteiger partial charge is 0.497 e. The average Bonchev–Trinajstić information content (AvgIpc) is 3.39. The fraction of sp³-hybridized carbons (Fsp3) is 0.417. The van der Waals surface area contributed by atoms with Gasteiger partial charge in [0.25, 0.3) is 0 Å². The van der Waals surface area contributed by atoms with Crippen LogP contribution in [0.4, 0.5) is 5.13 Å². The van der Waals surface area contributed by atoms with Gasteiger partial charge < -0.3 is 25.2 Å². The van der Waals surface area contributed by atoms with E-state index in [1.165, 1.54) is 18.3 Å².